The SMILES string of the molecule is CN(C)c1ccnc(N[C@H]2CC[C@@H](CNC(=O)c3cc(C(F)(F)F)cc(C(F)(F)F)c3)CC2)n1. The van der Waals surface area contributed by atoms with Crippen LogP contribution in [0.25, 0.3) is 0 Å². The molecule has 1 heterocycles. The van der Waals surface area contributed by atoms with E-state index >= 15 is 0 Å². The normalized spacial score (nSPS) is 18.9. The summed E-state index contributed by atoms with van der Waals surface area (Å²) in [6.07, 6.45) is -5.38. The van der Waals surface area contributed by atoms with Crippen molar-refractivity contribution in [2.75, 3.05) is 30.9 Å². The molecule has 0 unspecified atom stereocenters. The molecule has 1 fully saturated rings. The van der Waals surface area contributed by atoms with Crippen molar-refractivity contribution in [3.05, 3.63) is 47.2 Å². The molecule has 186 valence electrons. The molecular formula is C22H25F6N5O. The van der Waals surface area contributed by atoms with Crippen molar-refractivity contribution >= 4 is 17.7 Å². The summed E-state index contributed by atoms with van der Waals surface area (Å²) in [6.45, 7) is 0.162. The van der Waals surface area contributed by atoms with Gasteiger partial charge in [-0.15, -0.1) is 0 Å². The summed E-state index contributed by atoms with van der Waals surface area (Å²) in [6, 6.07) is 2.79. The van der Waals surface area contributed by atoms with E-state index in [2.05, 4.69) is 20.6 Å². The van der Waals surface area contributed by atoms with Gasteiger partial charge in [-0.25, -0.2) is 4.98 Å². The molecule has 0 aliphatic heterocycles. The predicted octanol–water partition coefficient (Wildman–Crippen LogP) is 4.98. The number of carbonyl (C=O) groups excluding carboxylic acids is 1. The van der Waals surface area contributed by atoms with Crippen LogP contribution in [0, 0.1) is 5.92 Å². The lowest BCUT2D eigenvalue weighted by atomic mass is 9.86. The highest BCUT2D eigenvalue weighted by molar-refractivity contribution is 5.94. The van der Waals surface area contributed by atoms with Crippen molar-refractivity contribution in [3.8, 4) is 0 Å². The fourth-order valence-corrected chi connectivity index (χ4v) is 3.79. The molecule has 1 aromatic carbocycles. The summed E-state index contributed by atoms with van der Waals surface area (Å²) in [5.74, 6) is 0.361. The van der Waals surface area contributed by atoms with Crippen molar-refractivity contribution in [3.63, 3.8) is 0 Å². The summed E-state index contributed by atoms with van der Waals surface area (Å²) in [4.78, 5) is 22.8. The van der Waals surface area contributed by atoms with Crippen LogP contribution < -0.4 is 15.5 Å². The molecule has 12 heteroatoms. The first-order valence-electron chi connectivity index (χ1n) is 10.7. The van der Waals surface area contributed by atoms with Crippen molar-refractivity contribution in [1.29, 1.82) is 0 Å². The highest BCUT2D eigenvalue weighted by Crippen LogP contribution is 2.36. The number of hydrogen-bond acceptors (Lipinski definition) is 5. The van der Waals surface area contributed by atoms with Gasteiger partial charge in [0.05, 0.1) is 11.1 Å². The van der Waals surface area contributed by atoms with Crippen LogP contribution in [0.4, 0.5) is 38.1 Å². The molecule has 0 atom stereocenters. The van der Waals surface area contributed by atoms with Crippen LogP contribution in [0.1, 0.15) is 47.2 Å². The lowest BCUT2D eigenvalue weighted by Gasteiger charge is -2.29. The van der Waals surface area contributed by atoms with E-state index in [1.165, 1.54) is 0 Å². The van der Waals surface area contributed by atoms with Gasteiger partial charge in [-0.3, -0.25) is 4.79 Å². The summed E-state index contributed by atoms with van der Waals surface area (Å²) in [7, 11) is 3.74. The number of nitrogens with one attached hydrogen (secondary N) is 2. The number of aromatic nitrogens is 2. The fourth-order valence-electron chi connectivity index (χ4n) is 3.79. The first-order chi connectivity index (χ1) is 15.8. The number of amides is 1. The van der Waals surface area contributed by atoms with Crippen LogP contribution in [-0.2, 0) is 12.4 Å². The zero-order valence-corrected chi connectivity index (χ0v) is 18.6. The Hall–Kier alpha value is -3.05. The maximum absolute atomic E-state index is 13.0. The van der Waals surface area contributed by atoms with Gasteiger partial charge in [0.2, 0.25) is 5.95 Å². The van der Waals surface area contributed by atoms with Gasteiger partial charge in [0, 0.05) is 38.4 Å². The molecule has 1 amide bonds. The minimum atomic E-state index is -5.00. The van der Waals surface area contributed by atoms with Gasteiger partial charge < -0.3 is 15.5 Å². The predicted molar refractivity (Wildman–Crippen MR) is 115 cm³/mol. The van der Waals surface area contributed by atoms with Gasteiger partial charge >= 0.3 is 12.4 Å². The maximum atomic E-state index is 13.0. The molecule has 1 aromatic heterocycles. The van der Waals surface area contributed by atoms with Crippen LogP contribution in [0.15, 0.2) is 30.5 Å². The molecule has 2 N–H and O–H groups in total. The molecular weight excluding hydrogens is 464 g/mol. The number of anilines is 2. The van der Waals surface area contributed by atoms with E-state index in [-0.39, 0.29) is 24.6 Å². The molecule has 0 bridgehead atoms. The second kappa shape index (κ2) is 10.1. The molecule has 2 aromatic rings. The molecule has 0 radical (unpaired) electrons. The minimum absolute atomic E-state index is 0.00298. The topological polar surface area (TPSA) is 70.2 Å². The Bertz CT molecular complexity index is 968. The first-order valence-corrected chi connectivity index (χ1v) is 10.7. The number of rotatable bonds is 6. The number of halogens is 6. The van der Waals surface area contributed by atoms with Crippen molar-refractivity contribution in [2.24, 2.45) is 5.92 Å². The lowest BCUT2D eigenvalue weighted by Crippen LogP contribution is -2.34. The Morgan fingerprint density at radius 2 is 1.59 bits per heavy atom. The van der Waals surface area contributed by atoms with Crippen molar-refractivity contribution < 1.29 is 31.1 Å². The zero-order chi connectivity index (χ0) is 25.1. The van der Waals surface area contributed by atoms with Gasteiger partial charge in [-0.05, 0) is 55.9 Å². The maximum Gasteiger partial charge on any atom is 0.416 e. The van der Waals surface area contributed by atoms with Crippen LogP contribution in [-0.4, -0.2) is 42.6 Å². The largest absolute Gasteiger partial charge is 0.416 e. The number of alkyl halides is 6. The van der Waals surface area contributed by atoms with Crippen LogP contribution in [0.2, 0.25) is 0 Å². The Labute approximate surface area is 192 Å². The number of nitrogens with zero attached hydrogens (tertiary/aromatic N) is 3. The molecule has 6 nitrogen and oxygen atoms in total. The average Bonchev–Trinajstić information content (AvgIpc) is 2.77. The summed E-state index contributed by atoms with van der Waals surface area (Å²) in [5.41, 5.74) is -3.70. The number of hydrogen-bond donors (Lipinski definition) is 2. The van der Waals surface area contributed by atoms with Crippen molar-refractivity contribution in [1.82, 2.24) is 15.3 Å². The van der Waals surface area contributed by atoms with Gasteiger partial charge in [0.25, 0.3) is 5.91 Å². The minimum Gasteiger partial charge on any atom is -0.363 e. The van der Waals surface area contributed by atoms with E-state index in [4.69, 9.17) is 0 Å². The van der Waals surface area contributed by atoms with Gasteiger partial charge in [0.15, 0.2) is 0 Å². The average molecular weight is 489 g/mol. The molecule has 1 aliphatic rings. The monoisotopic (exact) mass is 489 g/mol. The first kappa shape index (κ1) is 25.6. The lowest BCUT2D eigenvalue weighted by molar-refractivity contribution is -0.143. The third-order valence-electron chi connectivity index (χ3n) is 5.68. The Balaban J connectivity index is 1.56. The smallest absolute Gasteiger partial charge is 0.363 e. The molecule has 0 saturated heterocycles. The van der Waals surface area contributed by atoms with Crippen molar-refractivity contribution in [2.45, 2.75) is 44.1 Å². The van der Waals surface area contributed by atoms with E-state index in [0.29, 0.717) is 18.1 Å². The summed E-state index contributed by atoms with van der Waals surface area (Å²) in [5, 5.41) is 5.76. The Morgan fingerprint density at radius 3 is 2.12 bits per heavy atom. The Morgan fingerprint density at radius 1 is 1.00 bits per heavy atom. The van der Waals surface area contributed by atoms with E-state index in [9.17, 15) is 31.1 Å². The van der Waals surface area contributed by atoms with E-state index in [1.54, 1.807) is 12.3 Å². The van der Waals surface area contributed by atoms with Crippen LogP contribution in [0.3, 0.4) is 0 Å². The second-order valence-corrected chi connectivity index (χ2v) is 8.50. The van der Waals surface area contributed by atoms with Gasteiger partial charge in [0.1, 0.15) is 5.82 Å². The van der Waals surface area contributed by atoms with E-state index < -0.39 is 35.0 Å². The highest BCUT2D eigenvalue weighted by atomic mass is 19.4. The molecule has 1 aliphatic carbocycles. The number of benzene rings is 1. The van der Waals surface area contributed by atoms with Crippen LogP contribution in [0.5, 0.6) is 0 Å². The fraction of sp³-hybridized carbons (Fsp3) is 0.500. The quantitative estimate of drug-likeness (QED) is 0.560. The standard InChI is InChI=1S/C22H25F6N5O/c1-33(2)18-7-8-29-20(32-18)31-17-5-3-13(4-6-17)12-30-19(34)14-9-15(21(23,24)25)11-16(10-14)22(26,27)28/h7-11,13,17H,3-6,12H2,1-2H3,(H,30,34)(H,29,31,32)/t13-,17+. The zero-order valence-electron chi connectivity index (χ0n) is 18.6. The highest BCUT2D eigenvalue weighted by Gasteiger charge is 2.37. The summed E-state index contributed by atoms with van der Waals surface area (Å²) >= 11 is 0. The molecule has 3 rings (SSSR count). The van der Waals surface area contributed by atoms with Crippen LogP contribution >= 0.6 is 0 Å². The summed E-state index contributed by atoms with van der Waals surface area (Å²) < 4.78 is 78.1. The second-order valence-electron chi connectivity index (χ2n) is 8.50. The van der Waals surface area contributed by atoms with E-state index in [1.807, 2.05) is 19.0 Å². The molecule has 34 heavy (non-hydrogen) atoms. The Kier molecular flexibility index (Phi) is 7.57. The van der Waals surface area contributed by atoms with E-state index in [0.717, 1.165) is 31.5 Å². The number of carbonyl (C=O) groups is 1. The molecule has 0 spiro atoms. The van der Waals surface area contributed by atoms with Gasteiger partial charge in [-0.2, -0.15) is 31.3 Å². The van der Waals surface area contributed by atoms with Gasteiger partial charge in [-0.1, -0.05) is 0 Å². The molecule has 1 saturated carbocycles. The third kappa shape index (κ3) is 6.73. The third-order valence-corrected chi connectivity index (χ3v) is 5.68.